The first-order valence-electron chi connectivity index (χ1n) is 9.04. The zero-order valence-electron chi connectivity index (χ0n) is 15.1. The summed E-state index contributed by atoms with van der Waals surface area (Å²) in [5, 5.41) is 7.01. The molecule has 29 heavy (non-hydrogen) atoms. The Balaban J connectivity index is 1.66. The van der Waals surface area contributed by atoms with Crippen LogP contribution < -0.4 is 5.32 Å². The Bertz CT molecular complexity index is 1020. The van der Waals surface area contributed by atoms with E-state index in [4.69, 9.17) is 11.6 Å². The number of carbonyl (C=O) groups is 1. The van der Waals surface area contributed by atoms with Crippen LogP contribution in [0.3, 0.4) is 0 Å². The zero-order chi connectivity index (χ0) is 20.6. The highest BCUT2D eigenvalue weighted by molar-refractivity contribution is 7.15. The van der Waals surface area contributed by atoms with Gasteiger partial charge in [0.2, 0.25) is 0 Å². The summed E-state index contributed by atoms with van der Waals surface area (Å²) in [4.78, 5) is 18.1. The van der Waals surface area contributed by atoms with E-state index in [-0.39, 0.29) is 5.69 Å². The van der Waals surface area contributed by atoms with Crippen LogP contribution in [-0.4, -0.2) is 20.7 Å². The SMILES string of the molecule is O=C(Nc1nc2c(s1)CCCCC2)c1cnn(-c2ccc(Cl)cc2)c1C(F)(F)F. The number of hydrogen-bond acceptors (Lipinski definition) is 4. The third-order valence-corrected chi connectivity index (χ3v) is 5.99. The van der Waals surface area contributed by atoms with Crippen LogP contribution in [0.25, 0.3) is 5.69 Å². The smallest absolute Gasteiger partial charge is 0.298 e. The summed E-state index contributed by atoms with van der Waals surface area (Å²) < 4.78 is 42.0. The fourth-order valence-electron chi connectivity index (χ4n) is 3.31. The third kappa shape index (κ3) is 4.16. The number of fused-ring (bicyclic) bond motifs is 1. The Kier molecular flexibility index (Phi) is 5.35. The first-order valence-corrected chi connectivity index (χ1v) is 10.2. The Labute approximate surface area is 173 Å². The average Bonchev–Trinajstić information content (AvgIpc) is 3.21. The van der Waals surface area contributed by atoms with Crippen molar-refractivity contribution in [3.63, 3.8) is 0 Å². The van der Waals surface area contributed by atoms with E-state index < -0.39 is 23.3 Å². The van der Waals surface area contributed by atoms with Crippen LogP contribution in [0, 0.1) is 0 Å². The number of hydrogen-bond donors (Lipinski definition) is 1. The summed E-state index contributed by atoms with van der Waals surface area (Å²) >= 11 is 7.13. The molecule has 0 spiro atoms. The second-order valence-electron chi connectivity index (χ2n) is 6.70. The van der Waals surface area contributed by atoms with Crippen molar-refractivity contribution >= 4 is 34.0 Å². The molecule has 1 amide bonds. The van der Waals surface area contributed by atoms with E-state index in [1.807, 2.05) is 0 Å². The number of benzene rings is 1. The fourth-order valence-corrected chi connectivity index (χ4v) is 4.48. The van der Waals surface area contributed by atoms with Crippen molar-refractivity contribution in [1.82, 2.24) is 14.8 Å². The number of nitrogens with one attached hydrogen (secondary N) is 1. The van der Waals surface area contributed by atoms with Gasteiger partial charge in [-0.2, -0.15) is 18.3 Å². The lowest BCUT2D eigenvalue weighted by molar-refractivity contribution is -0.143. The number of anilines is 1. The molecule has 0 unspecified atom stereocenters. The number of aromatic nitrogens is 3. The molecule has 152 valence electrons. The molecule has 0 saturated carbocycles. The number of rotatable bonds is 3. The minimum Gasteiger partial charge on any atom is -0.298 e. The van der Waals surface area contributed by atoms with E-state index in [0.29, 0.717) is 14.8 Å². The van der Waals surface area contributed by atoms with Gasteiger partial charge in [0.15, 0.2) is 10.8 Å². The van der Waals surface area contributed by atoms with Crippen LogP contribution in [-0.2, 0) is 19.0 Å². The predicted octanol–water partition coefficient (Wildman–Crippen LogP) is 5.52. The van der Waals surface area contributed by atoms with Crippen molar-refractivity contribution in [3.8, 4) is 5.69 Å². The summed E-state index contributed by atoms with van der Waals surface area (Å²) in [6, 6.07) is 5.73. The molecule has 2 aromatic heterocycles. The molecule has 0 radical (unpaired) electrons. The van der Waals surface area contributed by atoms with Crippen molar-refractivity contribution in [2.24, 2.45) is 0 Å². The minimum absolute atomic E-state index is 0.154. The van der Waals surface area contributed by atoms with Gasteiger partial charge in [-0.3, -0.25) is 10.1 Å². The van der Waals surface area contributed by atoms with E-state index in [0.717, 1.165) is 48.9 Å². The van der Waals surface area contributed by atoms with Gasteiger partial charge in [-0.15, -0.1) is 11.3 Å². The molecule has 0 fully saturated rings. The summed E-state index contributed by atoms with van der Waals surface area (Å²) in [6.07, 6.45) is 1.05. The number of aryl methyl sites for hydroxylation is 2. The molecule has 0 atom stereocenters. The molecule has 0 bridgehead atoms. The molecule has 1 aliphatic rings. The van der Waals surface area contributed by atoms with Gasteiger partial charge in [0.05, 0.1) is 23.1 Å². The Morgan fingerprint density at radius 3 is 2.59 bits per heavy atom. The molecular weight excluding hydrogens is 425 g/mol. The number of carbonyl (C=O) groups excluding carboxylic acids is 1. The topological polar surface area (TPSA) is 59.8 Å². The number of halogens is 4. The van der Waals surface area contributed by atoms with Crippen LogP contribution in [0.15, 0.2) is 30.5 Å². The summed E-state index contributed by atoms with van der Waals surface area (Å²) in [6.45, 7) is 0. The maximum absolute atomic E-state index is 13.8. The van der Waals surface area contributed by atoms with Crippen LogP contribution in [0.4, 0.5) is 18.3 Å². The summed E-state index contributed by atoms with van der Waals surface area (Å²) in [7, 11) is 0. The molecule has 10 heteroatoms. The Hall–Kier alpha value is -2.39. The Morgan fingerprint density at radius 1 is 1.14 bits per heavy atom. The van der Waals surface area contributed by atoms with Crippen LogP contribution in [0.5, 0.6) is 0 Å². The van der Waals surface area contributed by atoms with Crippen LogP contribution >= 0.6 is 22.9 Å². The normalized spacial score (nSPS) is 14.3. The first-order chi connectivity index (χ1) is 13.8. The predicted molar refractivity (Wildman–Crippen MR) is 105 cm³/mol. The van der Waals surface area contributed by atoms with E-state index in [1.54, 1.807) is 0 Å². The standard InChI is InChI=1S/C19H16ClF3N4OS/c20-11-6-8-12(9-7-11)27-16(19(21,22)23)13(10-24-27)17(28)26-18-25-14-4-2-1-3-5-15(14)29-18/h6-10H,1-5H2,(H,25,26,28). The molecule has 1 aliphatic carbocycles. The zero-order valence-corrected chi connectivity index (χ0v) is 16.7. The molecular formula is C19H16ClF3N4OS. The molecule has 5 nitrogen and oxygen atoms in total. The monoisotopic (exact) mass is 440 g/mol. The number of thiazole rings is 1. The van der Waals surface area contributed by atoms with Crippen molar-refractivity contribution in [1.29, 1.82) is 0 Å². The average molecular weight is 441 g/mol. The number of amides is 1. The van der Waals surface area contributed by atoms with Gasteiger partial charge >= 0.3 is 6.18 Å². The van der Waals surface area contributed by atoms with Gasteiger partial charge in [-0.25, -0.2) is 9.67 Å². The lowest BCUT2D eigenvalue weighted by atomic mass is 10.2. The largest absolute Gasteiger partial charge is 0.434 e. The lowest BCUT2D eigenvalue weighted by Gasteiger charge is -2.12. The van der Waals surface area contributed by atoms with E-state index >= 15 is 0 Å². The lowest BCUT2D eigenvalue weighted by Crippen LogP contribution is -2.20. The van der Waals surface area contributed by atoms with E-state index in [2.05, 4.69) is 15.4 Å². The highest BCUT2D eigenvalue weighted by Crippen LogP contribution is 2.35. The third-order valence-electron chi connectivity index (χ3n) is 4.67. The molecule has 0 aliphatic heterocycles. The second kappa shape index (κ2) is 7.79. The molecule has 0 saturated heterocycles. The Morgan fingerprint density at radius 2 is 1.86 bits per heavy atom. The van der Waals surface area contributed by atoms with Gasteiger partial charge < -0.3 is 0 Å². The van der Waals surface area contributed by atoms with Crippen molar-refractivity contribution < 1.29 is 18.0 Å². The number of alkyl halides is 3. The minimum atomic E-state index is -4.77. The highest BCUT2D eigenvalue weighted by atomic mass is 35.5. The second-order valence-corrected chi connectivity index (χ2v) is 8.22. The quantitative estimate of drug-likeness (QED) is 0.545. The fraction of sp³-hybridized carbons (Fsp3) is 0.316. The maximum Gasteiger partial charge on any atom is 0.434 e. The first kappa shape index (κ1) is 19.9. The van der Waals surface area contributed by atoms with Crippen molar-refractivity contribution in [3.05, 3.63) is 57.3 Å². The summed E-state index contributed by atoms with van der Waals surface area (Å²) in [5.41, 5.74) is -0.620. The molecule has 1 N–H and O–H groups in total. The highest BCUT2D eigenvalue weighted by Gasteiger charge is 2.40. The van der Waals surface area contributed by atoms with Crippen LogP contribution in [0.1, 0.15) is 45.9 Å². The van der Waals surface area contributed by atoms with Crippen molar-refractivity contribution in [2.75, 3.05) is 5.32 Å². The van der Waals surface area contributed by atoms with E-state index in [1.165, 1.54) is 35.6 Å². The number of nitrogens with zero attached hydrogens (tertiary/aromatic N) is 3. The molecule has 3 aromatic rings. The van der Waals surface area contributed by atoms with Gasteiger partial charge in [-0.1, -0.05) is 18.0 Å². The van der Waals surface area contributed by atoms with Gasteiger partial charge in [0.1, 0.15) is 0 Å². The molecule has 1 aromatic carbocycles. The maximum atomic E-state index is 13.8. The van der Waals surface area contributed by atoms with Gasteiger partial charge in [0, 0.05) is 9.90 Å². The summed E-state index contributed by atoms with van der Waals surface area (Å²) in [5.74, 6) is -0.888. The molecule has 4 rings (SSSR count). The van der Waals surface area contributed by atoms with Gasteiger partial charge in [0.25, 0.3) is 5.91 Å². The molecule has 2 heterocycles. The van der Waals surface area contributed by atoms with E-state index in [9.17, 15) is 18.0 Å². The van der Waals surface area contributed by atoms with Crippen LogP contribution in [0.2, 0.25) is 5.02 Å². The van der Waals surface area contributed by atoms with Gasteiger partial charge in [-0.05, 0) is 49.9 Å². The van der Waals surface area contributed by atoms with Crippen molar-refractivity contribution in [2.45, 2.75) is 38.3 Å².